The molecule has 0 saturated carbocycles. The van der Waals surface area contributed by atoms with E-state index in [2.05, 4.69) is 9.80 Å². The van der Waals surface area contributed by atoms with E-state index in [0.717, 1.165) is 26.2 Å². The molecule has 1 saturated heterocycles. The van der Waals surface area contributed by atoms with Crippen molar-refractivity contribution in [1.82, 2.24) is 14.1 Å². The van der Waals surface area contributed by atoms with E-state index >= 15 is 0 Å². The van der Waals surface area contributed by atoms with Crippen LogP contribution in [-0.2, 0) is 10.0 Å². The number of piperazine rings is 1. The lowest BCUT2D eigenvalue weighted by Gasteiger charge is -2.34. The predicted octanol–water partition coefficient (Wildman–Crippen LogP) is 0.694. The largest absolute Gasteiger partial charge is 0.308 e. The van der Waals surface area contributed by atoms with Crippen LogP contribution in [0.1, 0.15) is 0 Å². The molecule has 0 radical (unpaired) electrons. The molecule has 5 nitrogen and oxygen atoms in total. The van der Waals surface area contributed by atoms with Gasteiger partial charge in [0.25, 0.3) is 0 Å². The summed E-state index contributed by atoms with van der Waals surface area (Å²) in [5, 5.41) is 0. The van der Waals surface area contributed by atoms with Gasteiger partial charge in [-0.3, -0.25) is 4.90 Å². The Morgan fingerprint density at radius 3 is 2.19 bits per heavy atom. The molecular formula is C14H22FN3O2S. The van der Waals surface area contributed by atoms with Gasteiger partial charge in [0, 0.05) is 39.3 Å². The van der Waals surface area contributed by atoms with E-state index in [1.165, 1.54) is 28.6 Å². The molecule has 0 bridgehead atoms. The Labute approximate surface area is 126 Å². The third-order valence-corrected chi connectivity index (χ3v) is 5.56. The van der Waals surface area contributed by atoms with Crippen molar-refractivity contribution >= 4 is 10.0 Å². The molecule has 1 aromatic rings. The van der Waals surface area contributed by atoms with Crippen LogP contribution in [0.25, 0.3) is 0 Å². The highest BCUT2D eigenvalue weighted by atomic mass is 32.2. The molecule has 1 heterocycles. The van der Waals surface area contributed by atoms with Gasteiger partial charge in [0.15, 0.2) is 0 Å². The van der Waals surface area contributed by atoms with Gasteiger partial charge in [0.2, 0.25) is 10.0 Å². The zero-order valence-corrected chi connectivity index (χ0v) is 13.3. The fraction of sp³-hybridized carbons (Fsp3) is 0.571. The average molecular weight is 315 g/mol. The summed E-state index contributed by atoms with van der Waals surface area (Å²) in [4.78, 5) is 4.53. The minimum Gasteiger partial charge on any atom is -0.308 e. The summed E-state index contributed by atoms with van der Waals surface area (Å²) in [5.41, 5.74) is 0. The standard InChI is InChI=1S/C14H22FN3O2S/c1-16(2)7-8-17-9-11-18(12-10-17)21(19,20)14-5-3-13(15)4-6-14/h3-6H,7-12H2,1-2H3. The monoisotopic (exact) mass is 315 g/mol. The highest BCUT2D eigenvalue weighted by molar-refractivity contribution is 7.89. The van der Waals surface area contributed by atoms with Crippen molar-refractivity contribution in [3.05, 3.63) is 30.1 Å². The number of likely N-dealkylation sites (N-methyl/N-ethyl adjacent to an activating group) is 1. The molecule has 0 amide bonds. The molecule has 0 unspecified atom stereocenters. The lowest BCUT2D eigenvalue weighted by atomic mass is 10.3. The Hall–Kier alpha value is -1.02. The van der Waals surface area contributed by atoms with Crippen LogP contribution in [0.5, 0.6) is 0 Å². The summed E-state index contributed by atoms with van der Waals surface area (Å²) in [5.74, 6) is -0.428. The topological polar surface area (TPSA) is 43.9 Å². The molecule has 2 rings (SSSR count). The number of benzene rings is 1. The Morgan fingerprint density at radius 1 is 1.10 bits per heavy atom. The molecule has 0 spiro atoms. The number of rotatable bonds is 5. The molecule has 1 aromatic carbocycles. The van der Waals surface area contributed by atoms with Crippen molar-refractivity contribution in [3.63, 3.8) is 0 Å². The maximum Gasteiger partial charge on any atom is 0.243 e. The molecule has 118 valence electrons. The summed E-state index contributed by atoms with van der Waals surface area (Å²) < 4.78 is 39.3. The van der Waals surface area contributed by atoms with E-state index < -0.39 is 15.8 Å². The maximum absolute atomic E-state index is 12.9. The van der Waals surface area contributed by atoms with Crippen LogP contribution in [0, 0.1) is 5.82 Å². The second-order valence-electron chi connectivity index (χ2n) is 5.50. The zero-order chi connectivity index (χ0) is 15.5. The van der Waals surface area contributed by atoms with Gasteiger partial charge >= 0.3 is 0 Å². The summed E-state index contributed by atoms with van der Waals surface area (Å²) in [6.07, 6.45) is 0. The highest BCUT2D eigenvalue weighted by Gasteiger charge is 2.28. The number of hydrogen-bond donors (Lipinski definition) is 0. The zero-order valence-electron chi connectivity index (χ0n) is 12.5. The van der Waals surface area contributed by atoms with Crippen molar-refractivity contribution in [2.45, 2.75) is 4.90 Å². The number of nitrogens with zero attached hydrogens (tertiary/aromatic N) is 3. The van der Waals surface area contributed by atoms with E-state index in [1.807, 2.05) is 14.1 Å². The van der Waals surface area contributed by atoms with E-state index in [-0.39, 0.29) is 4.90 Å². The van der Waals surface area contributed by atoms with Gasteiger partial charge in [-0.25, -0.2) is 12.8 Å². The average Bonchev–Trinajstić information content (AvgIpc) is 2.46. The molecule has 0 aromatic heterocycles. The van der Waals surface area contributed by atoms with Crippen LogP contribution in [-0.4, -0.2) is 75.9 Å². The predicted molar refractivity (Wildman–Crippen MR) is 80.2 cm³/mol. The molecule has 0 N–H and O–H groups in total. The Balaban J connectivity index is 1.96. The van der Waals surface area contributed by atoms with Crippen LogP contribution in [0.3, 0.4) is 0 Å². The molecule has 21 heavy (non-hydrogen) atoms. The van der Waals surface area contributed by atoms with Gasteiger partial charge in [0.1, 0.15) is 5.82 Å². The molecule has 1 aliphatic heterocycles. The quantitative estimate of drug-likeness (QED) is 0.802. The molecule has 7 heteroatoms. The first-order chi connectivity index (χ1) is 9.89. The van der Waals surface area contributed by atoms with Crippen molar-refractivity contribution < 1.29 is 12.8 Å². The summed E-state index contributed by atoms with van der Waals surface area (Å²) in [7, 11) is 0.542. The Bertz CT molecular complexity index is 552. The van der Waals surface area contributed by atoms with E-state index in [4.69, 9.17) is 0 Å². The van der Waals surface area contributed by atoms with Gasteiger partial charge in [-0.1, -0.05) is 0 Å². The normalized spacial score (nSPS) is 18.3. The maximum atomic E-state index is 12.9. The molecule has 1 fully saturated rings. The van der Waals surface area contributed by atoms with Gasteiger partial charge < -0.3 is 4.90 Å². The van der Waals surface area contributed by atoms with Crippen LogP contribution in [0.2, 0.25) is 0 Å². The minimum atomic E-state index is -3.50. The molecule has 1 aliphatic rings. The third-order valence-electron chi connectivity index (χ3n) is 3.65. The fourth-order valence-electron chi connectivity index (χ4n) is 2.29. The number of sulfonamides is 1. The van der Waals surface area contributed by atoms with Gasteiger partial charge in [-0.05, 0) is 38.4 Å². The van der Waals surface area contributed by atoms with Crippen molar-refractivity contribution in [2.24, 2.45) is 0 Å². The van der Waals surface area contributed by atoms with Crippen molar-refractivity contribution in [3.8, 4) is 0 Å². The van der Waals surface area contributed by atoms with Crippen LogP contribution >= 0.6 is 0 Å². The summed E-state index contributed by atoms with van der Waals surface area (Å²) in [6.45, 7) is 4.32. The van der Waals surface area contributed by atoms with Crippen LogP contribution < -0.4 is 0 Å². The second kappa shape index (κ2) is 6.83. The van der Waals surface area contributed by atoms with E-state index in [1.54, 1.807) is 0 Å². The smallest absolute Gasteiger partial charge is 0.243 e. The van der Waals surface area contributed by atoms with E-state index in [0.29, 0.717) is 13.1 Å². The summed E-state index contributed by atoms with van der Waals surface area (Å²) in [6, 6.07) is 5.01. The third kappa shape index (κ3) is 4.23. The minimum absolute atomic E-state index is 0.158. The number of halogens is 1. The lowest BCUT2D eigenvalue weighted by molar-refractivity contribution is 0.174. The Kier molecular flexibility index (Phi) is 5.32. The first-order valence-corrected chi connectivity index (χ1v) is 8.46. The van der Waals surface area contributed by atoms with Gasteiger partial charge in [-0.2, -0.15) is 4.31 Å². The van der Waals surface area contributed by atoms with Crippen molar-refractivity contribution in [2.75, 3.05) is 53.4 Å². The number of hydrogen-bond acceptors (Lipinski definition) is 4. The van der Waals surface area contributed by atoms with Crippen molar-refractivity contribution in [1.29, 1.82) is 0 Å². The summed E-state index contributed by atoms with van der Waals surface area (Å²) >= 11 is 0. The molecule has 0 atom stereocenters. The molecule has 0 aliphatic carbocycles. The lowest BCUT2D eigenvalue weighted by Crippen LogP contribution is -2.49. The molecular weight excluding hydrogens is 293 g/mol. The Morgan fingerprint density at radius 2 is 1.67 bits per heavy atom. The second-order valence-corrected chi connectivity index (χ2v) is 7.44. The first-order valence-electron chi connectivity index (χ1n) is 7.02. The van der Waals surface area contributed by atoms with Gasteiger partial charge in [-0.15, -0.1) is 0 Å². The van der Waals surface area contributed by atoms with Crippen LogP contribution in [0.4, 0.5) is 4.39 Å². The highest BCUT2D eigenvalue weighted by Crippen LogP contribution is 2.17. The van der Waals surface area contributed by atoms with E-state index in [9.17, 15) is 12.8 Å². The first kappa shape index (κ1) is 16.4. The van der Waals surface area contributed by atoms with Gasteiger partial charge in [0.05, 0.1) is 4.90 Å². The SMILES string of the molecule is CN(C)CCN1CCN(S(=O)(=O)c2ccc(F)cc2)CC1. The fourth-order valence-corrected chi connectivity index (χ4v) is 3.71. The van der Waals surface area contributed by atoms with Crippen LogP contribution in [0.15, 0.2) is 29.2 Å².